The van der Waals surface area contributed by atoms with Gasteiger partial charge in [0, 0.05) is 49.7 Å². The van der Waals surface area contributed by atoms with Crippen LogP contribution in [-0.4, -0.2) is 46.9 Å². The highest BCUT2D eigenvalue weighted by Crippen LogP contribution is 2.20. The van der Waals surface area contributed by atoms with E-state index in [1.165, 1.54) is 16.9 Å². The number of likely N-dealkylation sites (tertiary alicyclic amines) is 1. The highest BCUT2D eigenvalue weighted by atomic mass is 19.1. The summed E-state index contributed by atoms with van der Waals surface area (Å²) in [6.45, 7) is 6.89. The lowest BCUT2D eigenvalue weighted by Crippen LogP contribution is -2.49. The summed E-state index contributed by atoms with van der Waals surface area (Å²) >= 11 is 0. The zero-order valence-corrected chi connectivity index (χ0v) is 16.9. The van der Waals surface area contributed by atoms with E-state index >= 15 is 0 Å². The number of aromatic nitrogens is 6. The average Bonchev–Trinajstić information content (AvgIpc) is 3.22. The molecule has 0 amide bonds. The normalized spacial score (nSPS) is 15.0. The van der Waals surface area contributed by atoms with Crippen LogP contribution in [-0.2, 0) is 13.1 Å². The number of fused-ring (bicyclic) bond motifs is 1. The zero-order valence-electron chi connectivity index (χ0n) is 16.9. The van der Waals surface area contributed by atoms with Gasteiger partial charge in [-0.3, -0.25) is 9.69 Å². The van der Waals surface area contributed by atoms with Gasteiger partial charge in [0.1, 0.15) is 11.5 Å². The molecule has 0 spiro atoms. The lowest BCUT2D eigenvalue weighted by atomic mass is 10.00. The van der Waals surface area contributed by atoms with Gasteiger partial charge in [0.05, 0.1) is 17.9 Å². The Morgan fingerprint density at radius 2 is 1.93 bits per heavy atom. The molecule has 1 fully saturated rings. The first-order chi connectivity index (χ1) is 14.4. The van der Waals surface area contributed by atoms with Crippen molar-refractivity contribution in [2.75, 3.05) is 13.1 Å². The van der Waals surface area contributed by atoms with Crippen molar-refractivity contribution in [2.24, 2.45) is 5.92 Å². The van der Waals surface area contributed by atoms with E-state index in [1.807, 2.05) is 26.1 Å². The lowest BCUT2D eigenvalue weighted by molar-refractivity contribution is 0.0755. The molecule has 0 atom stereocenters. The molecule has 30 heavy (non-hydrogen) atoms. The van der Waals surface area contributed by atoms with E-state index in [2.05, 4.69) is 20.1 Å². The first kappa shape index (κ1) is 18.7. The van der Waals surface area contributed by atoms with Crippen LogP contribution in [0.2, 0.25) is 0 Å². The summed E-state index contributed by atoms with van der Waals surface area (Å²) in [7, 11) is 0. The van der Waals surface area contributed by atoms with E-state index in [9.17, 15) is 9.18 Å². The Morgan fingerprint density at radius 3 is 2.70 bits per heavy atom. The van der Waals surface area contributed by atoms with Crippen molar-refractivity contribution < 1.29 is 4.39 Å². The summed E-state index contributed by atoms with van der Waals surface area (Å²) in [4.78, 5) is 19.1. The lowest BCUT2D eigenvalue weighted by Gasteiger charge is -2.38. The fraction of sp³-hybridized carbons (Fsp3) is 0.333. The number of hydrogen-bond acceptors (Lipinski definition) is 5. The van der Waals surface area contributed by atoms with E-state index in [4.69, 9.17) is 0 Å². The number of imidazole rings is 1. The standard InChI is InChI=1S/C21H22FN7O/c1-14-7-15(2)29(24-14)20-5-6-21(30)28(25-20)10-16-8-26(9-16)12-18-13-27-11-17(22)3-4-19(27)23-18/h3-7,11,13,16H,8-10,12H2,1-2H3. The molecule has 0 unspecified atom stereocenters. The molecule has 0 saturated carbocycles. The van der Waals surface area contributed by atoms with Gasteiger partial charge < -0.3 is 4.40 Å². The maximum Gasteiger partial charge on any atom is 0.266 e. The zero-order chi connectivity index (χ0) is 20.8. The SMILES string of the molecule is Cc1cc(C)n(-c2ccc(=O)n(CC3CN(Cc4cn5cc(F)ccc5n4)C3)n2)n1. The third-order valence-corrected chi connectivity index (χ3v) is 5.39. The molecule has 5 rings (SSSR count). The second-order valence-electron chi connectivity index (χ2n) is 7.96. The molecule has 154 valence electrons. The quantitative estimate of drug-likeness (QED) is 0.506. The summed E-state index contributed by atoms with van der Waals surface area (Å²) in [5, 5.41) is 8.96. The minimum atomic E-state index is -0.281. The Kier molecular flexibility index (Phi) is 4.47. The highest BCUT2D eigenvalue weighted by molar-refractivity contribution is 5.39. The average molecular weight is 407 g/mol. The largest absolute Gasteiger partial charge is 0.304 e. The highest BCUT2D eigenvalue weighted by Gasteiger charge is 2.28. The van der Waals surface area contributed by atoms with Crippen molar-refractivity contribution in [3.8, 4) is 5.82 Å². The number of hydrogen-bond donors (Lipinski definition) is 0. The molecular weight excluding hydrogens is 385 g/mol. The van der Waals surface area contributed by atoms with Crippen molar-refractivity contribution in [1.29, 1.82) is 0 Å². The van der Waals surface area contributed by atoms with Crippen LogP contribution in [0, 0.1) is 25.6 Å². The molecule has 8 nitrogen and oxygen atoms in total. The van der Waals surface area contributed by atoms with E-state index in [1.54, 1.807) is 27.3 Å². The Bertz CT molecular complexity index is 1280. The molecule has 1 aliphatic rings. The maximum absolute atomic E-state index is 13.3. The van der Waals surface area contributed by atoms with Crippen LogP contribution >= 0.6 is 0 Å². The van der Waals surface area contributed by atoms with Gasteiger partial charge in [-0.2, -0.15) is 5.10 Å². The number of rotatable bonds is 5. The van der Waals surface area contributed by atoms with Crippen molar-refractivity contribution >= 4 is 5.65 Å². The molecule has 0 N–H and O–H groups in total. The molecule has 5 heterocycles. The Hall–Kier alpha value is -3.33. The van der Waals surface area contributed by atoms with Gasteiger partial charge in [-0.1, -0.05) is 0 Å². The molecule has 9 heteroatoms. The minimum absolute atomic E-state index is 0.110. The van der Waals surface area contributed by atoms with Crippen LogP contribution in [0.25, 0.3) is 11.5 Å². The second-order valence-corrected chi connectivity index (χ2v) is 7.96. The van der Waals surface area contributed by atoms with Gasteiger partial charge in [0.15, 0.2) is 5.82 Å². The predicted molar refractivity (Wildman–Crippen MR) is 109 cm³/mol. The van der Waals surface area contributed by atoms with E-state index in [-0.39, 0.29) is 11.4 Å². The van der Waals surface area contributed by atoms with Gasteiger partial charge in [0.2, 0.25) is 0 Å². The predicted octanol–water partition coefficient (Wildman–Crippen LogP) is 1.96. The molecule has 1 aliphatic heterocycles. The first-order valence-electron chi connectivity index (χ1n) is 9.92. The van der Waals surface area contributed by atoms with E-state index in [0.29, 0.717) is 24.8 Å². The fourth-order valence-corrected chi connectivity index (χ4v) is 4.03. The smallest absolute Gasteiger partial charge is 0.266 e. The summed E-state index contributed by atoms with van der Waals surface area (Å²) in [5.74, 6) is 0.713. The molecule has 4 aromatic heterocycles. The van der Waals surface area contributed by atoms with Gasteiger partial charge in [-0.15, -0.1) is 5.10 Å². The molecular formula is C21H22FN7O. The third kappa shape index (κ3) is 3.52. The second kappa shape index (κ2) is 7.17. The first-order valence-corrected chi connectivity index (χ1v) is 9.92. The van der Waals surface area contributed by atoms with Crippen molar-refractivity contribution in [3.63, 3.8) is 0 Å². The third-order valence-electron chi connectivity index (χ3n) is 5.39. The van der Waals surface area contributed by atoms with Crippen molar-refractivity contribution in [1.82, 2.24) is 33.8 Å². The summed E-state index contributed by atoms with van der Waals surface area (Å²) < 4.78 is 18.3. The molecule has 0 aromatic carbocycles. The van der Waals surface area contributed by atoms with Crippen molar-refractivity contribution in [2.45, 2.75) is 26.9 Å². The van der Waals surface area contributed by atoms with E-state index < -0.39 is 0 Å². The van der Waals surface area contributed by atoms with Gasteiger partial charge in [-0.05, 0) is 38.1 Å². The molecule has 4 aromatic rings. The number of halogens is 1. The minimum Gasteiger partial charge on any atom is -0.304 e. The monoisotopic (exact) mass is 407 g/mol. The van der Waals surface area contributed by atoms with Crippen LogP contribution in [0.3, 0.4) is 0 Å². The van der Waals surface area contributed by atoms with Crippen LogP contribution in [0.5, 0.6) is 0 Å². The number of pyridine rings is 1. The van der Waals surface area contributed by atoms with E-state index in [0.717, 1.165) is 35.8 Å². The van der Waals surface area contributed by atoms with Gasteiger partial charge in [0.25, 0.3) is 5.56 Å². The Balaban J connectivity index is 1.24. The van der Waals surface area contributed by atoms with Gasteiger partial charge >= 0.3 is 0 Å². The molecule has 0 radical (unpaired) electrons. The van der Waals surface area contributed by atoms with Crippen LogP contribution < -0.4 is 5.56 Å². The summed E-state index contributed by atoms with van der Waals surface area (Å²) in [6, 6.07) is 8.32. The fourth-order valence-electron chi connectivity index (χ4n) is 4.03. The van der Waals surface area contributed by atoms with Crippen LogP contribution in [0.1, 0.15) is 17.1 Å². The Morgan fingerprint density at radius 1 is 1.10 bits per heavy atom. The van der Waals surface area contributed by atoms with Crippen LogP contribution in [0.15, 0.2) is 47.5 Å². The van der Waals surface area contributed by atoms with Crippen molar-refractivity contribution in [3.05, 3.63) is 76.0 Å². The molecule has 0 bridgehead atoms. The van der Waals surface area contributed by atoms with Gasteiger partial charge in [-0.25, -0.2) is 18.7 Å². The maximum atomic E-state index is 13.3. The molecule has 1 saturated heterocycles. The Labute approximate surface area is 172 Å². The number of aryl methyl sites for hydroxylation is 2. The topological polar surface area (TPSA) is 73.2 Å². The van der Waals surface area contributed by atoms with Crippen LogP contribution in [0.4, 0.5) is 4.39 Å². The molecule has 0 aliphatic carbocycles. The summed E-state index contributed by atoms with van der Waals surface area (Å²) in [6.07, 6.45) is 3.29. The summed E-state index contributed by atoms with van der Waals surface area (Å²) in [5.41, 5.74) is 3.42. The number of nitrogens with zero attached hydrogens (tertiary/aromatic N) is 7.